The number of anilines is 1. The van der Waals surface area contributed by atoms with Crippen LogP contribution in [0.3, 0.4) is 0 Å². The monoisotopic (exact) mass is 280 g/mol. The number of hydrogen-bond acceptors (Lipinski definition) is 2. The van der Waals surface area contributed by atoms with Crippen LogP contribution in [0, 0.1) is 11.3 Å². The van der Waals surface area contributed by atoms with Crippen LogP contribution in [0.5, 0.6) is 0 Å². The Morgan fingerprint density at radius 3 is 2.85 bits per heavy atom. The highest BCUT2D eigenvalue weighted by atomic mass is 35.5. The zero-order valence-corrected chi connectivity index (χ0v) is 11.1. The van der Waals surface area contributed by atoms with Crippen molar-refractivity contribution in [3.05, 3.63) is 64.2 Å². The van der Waals surface area contributed by atoms with Crippen LogP contribution < -0.4 is 5.32 Å². The number of hydrogen-bond donors (Lipinski definition) is 1. The van der Waals surface area contributed by atoms with Crippen LogP contribution in [0.4, 0.5) is 5.69 Å². The first kappa shape index (κ1) is 12.5. The normalized spacial score (nSPS) is 14.8. The molecule has 4 heteroatoms. The molecule has 0 aromatic heterocycles. The van der Waals surface area contributed by atoms with Crippen LogP contribution in [0.2, 0.25) is 5.02 Å². The summed E-state index contributed by atoms with van der Waals surface area (Å²) in [7, 11) is 0. The summed E-state index contributed by atoms with van der Waals surface area (Å²) in [5.74, 6) is -0.162. The third-order valence-electron chi connectivity index (χ3n) is 3.09. The van der Waals surface area contributed by atoms with Gasteiger partial charge in [0.2, 0.25) is 0 Å². The van der Waals surface area contributed by atoms with Gasteiger partial charge in [0, 0.05) is 21.8 Å². The molecule has 0 bridgehead atoms. The molecule has 1 N–H and O–H groups in total. The zero-order chi connectivity index (χ0) is 14.1. The first-order valence-electron chi connectivity index (χ1n) is 6.00. The molecule has 2 aromatic carbocycles. The van der Waals surface area contributed by atoms with Crippen molar-refractivity contribution in [2.45, 2.75) is 0 Å². The predicted molar refractivity (Wildman–Crippen MR) is 79.1 cm³/mol. The molecule has 0 atom stereocenters. The summed E-state index contributed by atoms with van der Waals surface area (Å²) in [6.45, 7) is 0. The average Bonchev–Trinajstić information content (AvgIpc) is 2.75. The van der Waals surface area contributed by atoms with Crippen LogP contribution in [-0.4, -0.2) is 5.91 Å². The van der Waals surface area contributed by atoms with Gasteiger partial charge in [0.05, 0.1) is 11.6 Å². The molecule has 0 aliphatic carbocycles. The van der Waals surface area contributed by atoms with Crippen molar-refractivity contribution in [1.29, 1.82) is 5.26 Å². The van der Waals surface area contributed by atoms with Gasteiger partial charge in [-0.1, -0.05) is 23.7 Å². The Hall–Kier alpha value is -2.57. The topological polar surface area (TPSA) is 52.9 Å². The molecule has 1 heterocycles. The Morgan fingerprint density at radius 2 is 2.05 bits per heavy atom. The molecule has 1 amide bonds. The third kappa shape index (κ3) is 2.18. The maximum absolute atomic E-state index is 12.0. The number of nitrogens with one attached hydrogen (secondary N) is 1. The van der Waals surface area contributed by atoms with Crippen LogP contribution >= 0.6 is 11.6 Å². The number of rotatable bonds is 1. The lowest BCUT2D eigenvalue weighted by Crippen LogP contribution is -2.03. The first-order chi connectivity index (χ1) is 9.67. The summed E-state index contributed by atoms with van der Waals surface area (Å²) in [6.07, 6.45) is 1.76. The smallest absolute Gasteiger partial charge is 0.256 e. The van der Waals surface area contributed by atoms with Crippen molar-refractivity contribution in [2.75, 3.05) is 5.32 Å². The molecule has 20 heavy (non-hydrogen) atoms. The van der Waals surface area contributed by atoms with Crippen molar-refractivity contribution in [2.24, 2.45) is 0 Å². The van der Waals surface area contributed by atoms with Gasteiger partial charge >= 0.3 is 0 Å². The summed E-state index contributed by atoms with van der Waals surface area (Å²) in [5.41, 5.74) is 3.45. The standard InChI is InChI=1S/C16H9ClN2O/c17-12-4-5-15-13(8-12)14(16(20)19-15)7-10-2-1-3-11(6-10)9-18/h1-8H,(H,19,20)/b14-7-. The van der Waals surface area contributed by atoms with E-state index in [0.29, 0.717) is 16.2 Å². The maximum atomic E-state index is 12.0. The minimum atomic E-state index is -0.162. The van der Waals surface area contributed by atoms with Crippen molar-refractivity contribution < 1.29 is 4.79 Å². The lowest BCUT2D eigenvalue weighted by molar-refractivity contribution is -0.110. The number of amides is 1. The molecular weight excluding hydrogens is 272 g/mol. The largest absolute Gasteiger partial charge is 0.321 e. The molecular formula is C16H9ClN2O. The van der Waals surface area contributed by atoms with Gasteiger partial charge in [0.1, 0.15) is 0 Å². The second kappa shape index (κ2) is 4.84. The number of halogens is 1. The van der Waals surface area contributed by atoms with Crippen LogP contribution in [-0.2, 0) is 4.79 Å². The number of carbonyl (C=O) groups excluding carboxylic acids is 1. The molecule has 1 aliphatic rings. The molecule has 0 radical (unpaired) electrons. The van der Waals surface area contributed by atoms with Gasteiger partial charge in [0.15, 0.2) is 0 Å². The van der Waals surface area contributed by atoms with E-state index in [-0.39, 0.29) is 5.91 Å². The van der Waals surface area contributed by atoms with Crippen LogP contribution in [0.25, 0.3) is 11.6 Å². The SMILES string of the molecule is N#Cc1cccc(/C=C2\C(=O)Nc3ccc(Cl)cc32)c1. The molecule has 0 saturated carbocycles. The molecule has 1 aliphatic heterocycles. The number of benzene rings is 2. The Balaban J connectivity index is 2.11. The van der Waals surface area contributed by atoms with E-state index in [4.69, 9.17) is 16.9 Å². The van der Waals surface area contributed by atoms with Crippen LogP contribution in [0.1, 0.15) is 16.7 Å². The molecule has 3 nitrogen and oxygen atoms in total. The summed E-state index contributed by atoms with van der Waals surface area (Å²) in [5, 5.41) is 12.3. The van der Waals surface area contributed by atoms with E-state index in [0.717, 1.165) is 16.8 Å². The van der Waals surface area contributed by atoms with Gasteiger partial charge in [0.25, 0.3) is 5.91 Å². The van der Waals surface area contributed by atoms with E-state index in [1.165, 1.54) is 0 Å². The Bertz CT molecular complexity index is 787. The lowest BCUT2D eigenvalue weighted by atomic mass is 10.0. The highest BCUT2D eigenvalue weighted by molar-refractivity contribution is 6.36. The van der Waals surface area contributed by atoms with Gasteiger partial charge in [-0.25, -0.2) is 0 Å². The highest BCUT2D eigenvalue weighted by Crippen LogP contribution is 2.34. The van der Waals surface area contributed by atoms with Crippen LogP contribution in [0.15, 0.2) is 42.5 Å². The van der Waals surface area contributed by atoms with E-state index >= 15 is 0 Å². The second-order valence-electron chi connectivity index (χ2n) is 4.44. The minimum Gasteiger partial charge on any atom is -0.321 e. The van der Waals surface area contributed by atoms with Gasteiger partial charge in [-0.05, 0) is 42.0 Å². The van der Waals surface area contributed by atoms with Gasteiger partial charge in [-0.15, -0.1) is 0 Å². The maximum Gasteiger partial charge on any atom is 0.256 e. The molecule has 96 valence electrons. The summed E-state index contributed by atoms with van der Waals surface area (Å²) in [6, 6.07) is 14.5. The molecule has 0 unspecified atom stereocenters. The number of nitrogens with zero attached hydrogens (tertiary/aromatic N) is 1. The van der Waals surface area contributed by atoms with E-state index < -0.39 is 0 Å². The van der Waals surface area contributed by atoms with Crippen molar-refractivity contribution in [3.8, 4) is 6.07 Å². The molecule has 0 fully saturated rings. The molecule has 0 saturated heterocycles. The number of carbonyl (C=O) groups is 1. The Labute approximate surface area is 121 Å². The average molecular weight is 281 g/mol. The molecule has 0 spiro atoms. The Morgan fingerprint density at radius 1 is 1.20 bits per heavy atom. The van der Waals surface area contributed by atoms with Crippen molar-refractivity contribution in [3.63, 3.8) is 0 Å². The number of fused-ring (bicyclic) bond motifs is 1. The highest BCUT2D eigenvalue weighted by Gasteiger charge is 2.24. The quantitative estimate of drug-likeness (QED) is 0.810. The fraction of sp³-hybridized carbons (Fsp3) is 0. The fourth-order valence-corrected chi connectivity index (χ4v) is 2.34. The molecule has 2 aromatic rings. The van der Waals surface area contributed by atoms with E-state index in [2.05, 4.69) is 11.4 Å². The fourth-order valence-electron chi connectivity index (χ4n) is 2.17. The van der Waals surface area contributed by atoms with Gasteiger partial charge in [-0.2, -0.15) is 5.26 Å². The summed E-state index contributed by atoms with van der Waals surface area (Å²) in [4.78, 5) is 12.0. The number of nitriles is 1. The van der Waals surface area contributed by atoms with E-state index in [1.807, 2.05) is 6.07 Å². The lowest BCUT2D eigenvalue weighted by Gasteiger charge is -2.00. The second-order valence-corrected chi connectivity index (χ2v) is 4.88. The summed E-state index contributed by atoms with van der Waals surface area (Å²) >= 11 is 5.98. The zero-order valence-electron chi connectivity index (χ0n) is 10.4. The van der Waals surface area contributed by atoms with E-state index in [1.54, 1.807) is 42.5 Å². The van der Waals surface area contributed by atoms with E-state index in [9.17, 15) is 4.79 Å². The predicted octanol–water partition coefficient (Wildman–Crippen LogP) is 3.70. The Kier molecular flexibility index (Phi) is 3.02. The minimum absolute atomic E-state index is 0.162. The first-order valence-corrected chi connectivity index (χ1v) is 6.38. The summed E-state index contributed by atoms with van der Waals surface area (Å²) < 4.78 is 0. The van der Waals surface area contributed by atoms with Crippen molar-refractivity contribution >= 4 is 34.8 Å². The van der Waals surface area contributed by atoms with Gasteiger partial charge in [-0.3, -0.25) is 4.79 Å². The van der Waals surface area contributed by atoms with Crippen molar-refractivity contribution in [1.82, 2.24) is 0 Å². The van der Waals surface area contributed by atoms with Gasteiger partial charge < -0.3 is 5.32 Å². The molecule has 3 rings (SSSR count). The third-order valence-corrected chi connectivity index (χ3v) is 3.33.